The van der Waals surface area contributed by atoms with Gasteiger partial charge in [0.15, 0.2) is 11.6 Å². The van der Waals surface area contributed by atoms with Crippen LogP contribution in [-0.4, -0.2) is 41.9 Å². The van der Waals surface area contributed by atoms with Crippen LogP contribution in [-0.2, 0) is 0 Å². The third-order valence-corrected chi connectivity index (χ3v) is 3.26. The van der Waals surface area contributed by atoms with Crippen molar-refractivity contribution in [1.82, 2.24) is 9.97 Å². The number of nitrogens with zero attached hydrogens (tertiary/aromatic N) is 3. The molecular formula is C12H17FN4O. The summed E-state index contributed by atoms with van der Waals surface area (Å²) in [5.41, 5.74) is 0. The number of piperidine rings is 1. The molecule has 0 amide bonds. The Hall–Kier alpha value is -1.59. The van der Waals surface area contributed by atoms with Crippen LogP contribution in [0.3, 0.4) is 0 Å². The molecule has 1 aromatic rings. The first-order chi connectivity index (χ1) is 8.72. The summed E-state index contributed by atoms with van der Waals surface area (Å²) in [6.07, 6.45) is 2.38. The molecule has 1 fully saturated rings. The van der Waals surface area contributed by atoms with E-state index in [2.05, 4.69) is 15.3 Å². The highest BCUT2D eigenvalue weighted by Gasteiger charge is 2.23. The summed E-state index contributed by atoms with van der Waals surface area (Å²) < 4.78 is 18.9. The maximum absolute atomic E-state index is 13.4. The Bertz CT molecular complexity index is 442. The summed E-state index contributed by atoms with van der Waals surface area (Å²) in [6.45, 7) is 3.85. The molecule has 0 aromatic carbocycles. The molecule has 0 radical (unpaired) electrons. The Morgan fingerprint density at radius 3 is 3.28 bits per heavy atom. The molecule has 2 atom stereocenters. The highest BCUT2D eigenvalue weighted by Crippen LogP contribution is 2.28. The monoisotopic (exact) mass is 252 g/mol. The summed E-state index contributed by atoms with van der Waals surface area (Å²) in [4.78, 5) is 10.6. The lowest BCUT2D eigenvalue weighted by Gasteiger charge is -2.30. The van der Waals surface area contributed by atoms with Crippen molar-refractivity contribution in [3.05, 3.63) is 6.20 Å². The summed E-state index contributed by atoms with van der Waals surface area (Å²) >= 11 is 0. The molecule has 1 aromatic heterocycles. The van der Waals surface area contributed by atoms with Crippen molar-refractivity contribution < 1.29 is 9.13 Å². The smallest absolute Gasteiger partial charge is 0.227 e. The van der Waals surface area contributed by atoms with E-state index in [4.69, 9.17) is 4.74 Å². The Kier molecular flexibility index (Phi) is 2.93. The number of halogens is 1. The molecule has 1 saturated heterocycles. The number of anilines is 2. The van der Waals surface area contributed by atoms with Gasteiger partial charge in [-0.05, 0) is 19.8 Å². The molecular weight excluding hydrogens is 235 g/mol. The average molecular weight is 252 g/mol. The van der Waals surface area contributed by atoms with E-state index in [1.54, 1.807) is 6.20 Å². The predicted molar refractivity (Wildman–Crippen MR) is 67.0 cm³/mol. The third-order valence-electron chi connectivity index (χ3n) is 3.26. The number of hydrogen-bond donors (Lipinski definition) is 1. The van der Waals surface area contributed by atoms with Crippen molar-refractivity contribution in [2.45, 2.75) is 32.0 Å². The maximum Gasteiger partial charge on any atom is 0.227 e. The first kappa shape index (κ1) is 11.5. The van der Waals surface area contributed by atoms with E-state index in [1.165, 1.54) is 0 Å². The zero-order valence-corrected chi connectivity index (χ0v) is 10.4. The fourth-order valence-electron chi connectivity index (χ4n) is 2.32. The van der Waals surface area contributed by atoms with Gasteiger partial charge in [-0.3, -0.25) is 0 Å². The van der Waals surface area contributed by atoms with Crippen LogP contribution in [0, 0.1) is 0 Å². The highest BCUT2D eigenvalue weighted by atomic mass is 19.1. The van der Waals surface area contributed by atoms with E-state index in [0.29, 0.717) is 37.1 Å². The fourth-order valence-corrected chi connectivity index (χ4v) is 2.32. The second kappa shape index (κ2) is 4.59. The number of hydrogen-bond acceptors (Lipinski definition) is 5. The first-order valence-corrected chi connectivity index (χ1v) is 6.38. The second-order valence-corrected chi connectivity index (χ2v) is 4.92. The molecule has 3 rings (SSSR count). The lowest BCUT2D eigenvalue weighted by atomic mass is 10.1. The summed E-state index contributed by atoms with van der Waals surface area (Å²) in [5.74, 6) is 1.96. The van der Waals surface area contributed by atoms with Crippen LogP contribution in [0.1, 0.15) is 19.8 Å². The van der Waals surface area contributed by atoms with Crippen LogP contribution in [0.15, 0.2) is 6.20 Å². The molecule has 2 unspecified atom stereocenters. The summed E-state index contributed by atoms with van der Waals surface area (Å²) in [5, 5.41) is 3.25. The van der Waals surface area contributed by atoms with Crippen LogP contribution in [0.25, 0.3) is 0 Å². The molecule has 18 heavy (non-hydrogen) atoms. The van der Waals surface area contributed by atoms with Gasteiger partial charge in [-0.15, -0.1) is 0 Å². The van der Waals surface area contributed by atoms with Crippen LogP contribution < -0.4 is 15.0 Å². The number of aromatic nitrogens is 2. The SMILES string of the molecule is CC1COc2cnc(N3CCCC(F)C3)nc2N1. The molecule has 0 saturated carbocycles. The van der Waals surface area contributed by atoms with Gasteiger partial charge in [0.05, 0.1) is 18.8 Å². The molecule has 98 valence electrons. The fraction of sp³-hybridized carbons (Fsp3) is 0.667. The van der Waals surface area contributed by atoms with Gasteiger partial charge in [-0.2, -0.15) is 4.98 Å². The molecule has 5 nitrogen and oxygen atoms in total. The van der Waals surface area contributed by atoms with Gasteiger partial charge in [0, 0.05) is 6.54 Å². The minimum absolute atomic E-state index is 0.232. The molecule has 0 aliphatic carbocycles. The van der Waals surface area contributed by atoms with Gasteiger partial charge in [-0.1, -0.05) is 0 Å². The quantitative estimate of drug-likeness (QED) is 0.823. The minimum atomic E-state index is -0.776. The number of rotatable bonds is 1. The molecule has 6 heteroatoms. The second-order valence-electron chi connectivity index (χ2n) is 4.92. The van der Waals surface area contributed by atoms with E-state index in [0.717, 1.165) is 13.0 Å². The lowest BCUT2D eigenvalue weighted by molar-refractivity contribution is 0.282. The Balaban J connectivity index is 1.82. The normalized spacial score (nSPS) is 27.1. The van der Waals surface area contributed by atoms with Crippen LogP contribution in [0.5, 0.6) is 5.75 Å². The van der Waals surface area contributed by atoms with Crippen molar-refractivity contribution in [3.63, 3.8) is 0 Å². The largest absolute Gasteiger partial charge is 0.486 e. The van der Waals surface area contributed by atoms with Crippen LogP contribution >= 0.6 is 0 Å². The maximum atomic E-state index is 13.4. The highest BCUT2D eigenvalue weighted by molar-refractivity contribution is 5.54. The Labute approximate surface area is 105 Å². The van der Waals surface area contributed by atoms with E-state index in [1.807, 2.05) is 11.8 Å². The molecule has 1 N–H and O–H groups in total. The first-order valence-electron chi connectivity index (χ1n) is 6.38. The molecule has 0 spiro atoms. The van der Waals surface area contributed by atoms with E-state index in [9.17, 15) is 4.39 Å². The zero-order chi connectivity index (χ0) is 12.5. The molecule has 2 aliphatic rings. The zero-order valence-electron chi connectivity index (χ0n) is 10.4. The molecule has 2 aliphatic heterocycles. The number of alkyl halides is 1. The van der Waals surface area contributed by atoms with Gasteiger partial charge in [0.2, 0.25) is 5.95 Å². The van der Waals surface area contributed by atoms with Gasteiger partial charge >= 0.3 is 0 Å². The van der Waals surface area contributed by atoms with Gasteiger partial charge in [0.1, 0.15) is 12.8 Å². The Morgan fingerprint density at radius 1 is 1.56 bits per heavy atom. The van der Waals surface area contributed by atoms with Gasteiger partial charge in [0.25, 0.3) is 0 Å². The van der Waals surface area contributed by atoms with Crippen molar-refractivity contribution in [3.8, 4) is 5.75 Å². The average Bonchev–Trinajstić information content (AvgIpc) is 2.38. The summed E-state index contributed by atoms with van der Waals surface area (Å²) in [6, 6.07) is 0.232. The van der Waals surface area contributed by atoms with Gasteiger partial charge in [-0.25, -0.2) is 9.37 Å². The van der Waals surface area contributed by atoms with E-state index < -0.39 is 6.17 Å². The van der Waals surface area contributed by atoms with Crippen LogP contribution in [0.4, 0.5) is 16.2 Å². The summed E-state index contributed by atoms with van der Waals surface area (Å²) in [7, 11) is 0. The number of fused-ring (bicyclic) bond motifs is 1. The van der Waals surface area contributed by atoms with Crippen molar-refractivity contribution in [1.29, 1.82) is 0 Å². The van der Waals surface area contributed by atoms with Crippen molar-refractivity contribution >= 4 is 11.8 Å². The van der Waals surface area contributed by atoms with Crippen LogP contribution in [0.2, 0.25) is 0 Å². The minimum Gasteiger partial charge on any atom is -0.486 e. The Morgan fingerprint density at radius 2 is 2.44 bits per heavy atom. The van der Waals surface area contributed by atoms with E-state index in [-0.39, 0.29) is 6.04 Å². The van der Waals surface area contributed by atoms with Gasteiger partial charge < -0.3 is 15.0 Å². The predicted octanol–water partition coefficient (Wildman–Crippen LogP) is 1.61. The van der Waals surface area contributed by atoms with E-state index >= 15 is 0 Å². The molecule has 0 bridgehead atoms. The molecule has 3 heterocycles. The number of nitrogens with one attached hydrogen (secondary N) is 1. The lowest BCUT2D eigenvalue weighted by Crippen LogP contribution is -2.38. The van der Waals surface area contributed by atoms with Crippen molar-refractivity contribution in [2.75, 3.05) is 29.9 Å². The number of ether oxygens (including phenoxy) is 1. The topological polar surface area (TPSA) is 50.3 Å². The third kappa shape index (κ3) is 2.19. The standard InChI is InChI=1S/C12H17FN4O/c1-8-7-18-10-5-14-12(16-11(10)15-8)17-4-2-3-9(13)6-17/h5,8-9H,2-4,6-7H2,1H3,(H,14,15,16). The van der Waals surface area contributed by atoms with Crippen molar-refractivity contribution in [2.24, 2.45) is 0 Å².